The SMILES string of the molecule is CC(C)[C@H](NC[C@H](Cc1ccccc1)NCCC(Oc1ccccc1)c1ccc(Cl)c(Cl)c1)C(=O)C(F)(F)C(=O)NCC(F)(F)F. The molecular formula is C33H36Cl2F5N3O3. The summed E-state index contributed by atoms with van der Waals surface area (Å²) in [6.45, 7) is 1.45. The molecule has 6 nitrogen and oxygen atoms in total. The number of carbonyl (C=O) groups is 2. The molecule has 3 aromatic rings. The van der Waals surface area contributed by atoms with Crippen molar-refractivity contribution in [3.63, 3.8) is 0 Å². The molecule has 0 aliphatic rings. The van der Waals surface area contributed by atoms with Crippen molar-refractivity contribution in [1.82, 2.24) is 16.0 Å². The quantitative estimate of drug-likeness (QED) is 0.103. The summed E-state index contributed by atoms with van der Waals surface area (Å²) in [4.78, 5) is 24.7. The van der Waals surface area contributed by atoms with E-state index in [0.29, 0.717) is 35.2 Å². The lowest BCUT2D eigenvalue weighted by Crippen LogP contribution is -2.57. The first-order valence-corrected chi connectivity index (χ1v) is 15.4. The van der Waals surface area contributed by atoms with Gasteiger partial charge in [-0.2, -0.15) is 22.0 Å². The summed E-state index contributed by atoms with van der Waals surface area (Å²) in [6.07, 6.45) is -4.44. The third kappa shape index (κ3) is 11.5. The Morgan fingerprint density at radius 2 is 1.48 bits per heavy atom. The molecule has 3 rings (SSSR count). The van der Waals surface area contributed by atoms with Gasteiger partial charge >= 0.3 is 12.1 Å². The maximum atomic E-state index is 14.7. The van der Waals surface area contributed by atoms with Crippen LogP contribution in [-0.2, 0) is 16.0 Å². The molecule has 0 heterocycles. The average Bonchev–Trinajstić information content (AvgIpc) is 3.01. The van der Waals surface area contributed by atoms with E-state index in [1.165, 1.54) is 13.8 Å². The van der Waals surface area contributed by atoms with Crippen LogP contribution in [0.3, 0.4) is 0 Å². The molecule has 1 amide bonds. The highest BCUT2D eigenvalue weighted by molar-refractivity contribution is 6.42. The van der Waals surface area contributed by atoms with Crippen molar-refractivity contribution < 1.29 is 36.3 Å². The van der Waals surface area contributed by atoms with Crippen molar-refractivity contribution in [2.45, 2.75) is 57.0 Å². The zero-order valence-electron chi connectivity index (χ0n) is 25.2. The number of rotatable bonds is 17. The molecule has 0 saturated carbocycles. The van der Waals surface area contributed by atoms with Gasteiger partial charge in [0.2, 0.25) is 5.78 Å². The summed E-state index contributed by atoms with van der Waals surface area (Å²) >= 11 is 12.4. The molecule has 250 valence electrons. The van der Waals surface area contributed by atoms with Gasteiger partial charge in [-0.25, -0.2) is 0 Å². The zero-order valence-corrected chi connectivity index (χ0v) is 26.7. The highest BCUT2D eigenvalue weighted by Gasteiger charge is 2.51. The van der Waals surface area contributed by atoms with Crippen LogP contribution in [-0.4, -0.2) is 55.5 Å². The Labute approximate surface area is 275 Å². The van der Waals surface area contributed by atoms with Crippen molar-refractivity contribution in [3.8, 4) is 5.75 Å². The van der Waals surface area contributed by atoms with E-state index in [1.54, 1.807) is 12.1 Å². The Kier molecular flexibility index (Phi) is 13.8. The number of benzene rings is 3. The van der Waals surface area contributed by atoms with Crippen LogP contribution in [0.5, 0.6) is 5.75 Å². The molecule has 0 fully saturated rings. The fraction of sp³-hybridized carbons (Fsp3) is 0.394. The topological polar surface area (TPSA) is 79.5 Å². The summed E-state index contributed by atoms with van der Waals surface area (Å²) in [7, 11) is 0. The number of hydrogen-bond donors (Lipinski definition) is 3. The smallest absolute Gasteiger partial charge is 0.405 e. The van der Waals surface area contributed by atoms with Gasteiger partial charge in [-0.3, -0.25) is 9.59 Å². The maximum absolute atomic E-state index is 14.7. The fourth-order valence-corrected chi connectivity index (χ4v) is 5.01. The Balaban J connectivity index is 1.74. The van der Waals surface area contributed by atoms with Gasteiger partial charge in [0.15, 0.2) is 0 Å². The lowest BCUT2D eigenvalue weighted by Gasteiger charge is -2.28. The molecule has 0 radical (unpaired) electrons. The molecule has 0 saturated heterocycles. The zero-order chi connectivity index (χ0) is 33.9. The van der Waals surface area contributed by atoms with Crippen LogP contribution in [0.2, 0.25) is 10.0 Å². The first-order valence-electron chi connectivity index (χ1n) is 14.6. The monoisotopic (exact) mass is 687 g/mol. The molecule has 3 N–H and O–H groups in total. The number of nitrogens with one attached hydrogen (secondary N) is 3. The molecule has 1 unspecified atom stereocenters. The average molecular weight is 689 g/mol. The van der Waals surface area contributed by atoms with Crippen LogP contribution < -0.4 is 20.7 Å². The lowest BCUT2D eigenvalue weighted by atomic mass is 9.94. The van der Waals surface area contributed by atoms with E-state index in [2.05, 4.69) is 10.6 Å². The van der Waals surface area contributed by atoms with Crippen molar-refractivity contribution in [2.75, 3.05) is 19.6 Å². The van der Waals surface area contributed by atoms with Crippen molar-refractivity contribution in [1.29, 1.82) is 0 Å². The maximum Gasteiger partial charge on any atom is 0.405 e. The Bertz CT molecular complexity index is 1410. The Morgan fingerprint density at radius 3 is 2.07 bits per heavy atom. The Morgan fingerprint density at radius 1 is 0.848 bits per heavy atom. The number of hydrogen-bond acceptors (Lipinski definition) is 5. The van der Waals surface area contributed by atoms with Crippen molar-refractivity contribution in [3.05, 3.63) is 100 Å². The number of para-hydroxylation sites is 1. The summed E-state index contributed by atoms with van der Waals surface area (Å²) in [5, 5.41) is 8.12. The van der Waals surface area contributed by atoms with Gasteiger partial charge in [0.25, 0.3) is 5.91 Å². The summed E-state index contributed by atoms with van der Waals surface area (Å²) < 4.78 is 73.2. The van der Waals surface area contributed by atoms with Gasteiger partial charge in [0, 0.05) is 19.0 Å². The van der Waals surface area contributed by atoms with Gasteiger partial charge in [-0.1, -0.05) is 91.6 Å². The van der Waals surface area contributed by atoms with Crippen LogP contribution in [0.4, 0.5) is 22.0 Å². The molecule has 0 spiro atoms. The van der Waals surface area contributed by atoms with Crippen molar-refractivity contribution >= 4 is 34.9 Å². The highest BCUT2D eigenvalue weighted by Crippen LogP contribution is 2.30. The van der Waals surface area contributed by atoms with Crippen LogP contribution >= 0.6 is 23.2 Å². The second kappa shape index (κ2) is 17.1. The van der Waals surface area contributed by atoms with Gasteiger partial charge in [0.05, 0.1) is 16.1 Å². The summed E-state index contributed by atoms with van der Waals surface area (Å²) in [6, 6.07) is 21.9. The molecule has 3 atom stereocenters. The van der Waals surface area contributed by atoms with E-state index in [4.69, 9.17) is 27.9 Å². The molecular weight excluding hydrogens is 652 g/mol. The molecule has 13 heteroatoms. The van der Waals surface area contributed by atoms with Gasteiger partial charge in [0.1, 0.15) is 18.4 Å². The molecule has 0 aromatic heterocycles. The minimum Gasteiger partial charge on any atom is -0.486 e. The number of halogens is 7. The second-order valence-electron chi connectivity index (χ2n) is 11.1. The molecule has 0 bridgehead atoms. The normalized spacial score (nSPS) is 14.0. The van der Waals surface area contributed by atoms with Crippen LogP contribution in [0.15, 0.2) is 78.9 Å². The number of carbonyl (C=O) groups excluding carboxylic acids is 2. The van der Waals surface area contributed by atoms with E-state index in [1.807, 2.05) is 66.7 Å². The number of amides is 1. The molecule has 3 aromatic carbocycles. The highest BCUT2D eigenvalue weighted by atomic mass is 35.5. The van der Waals surface area contributed by atoms with E-state index in [0.717, 1.165) is 16.4 Å². The van der Waals surface area contributed by atoms with Crippen LogP contribution in [0.25, 0.3) is 0 Å². The summed E-state index contributed by atoms with van der Waals surface area (Å²) in [5.74, 6) is -8.84. The predicted octanol–water partition coefficient (Wildman–Crippen LogP) is 7.20. The third-order valence-corrected chi connectivity index (χ3v) is 7.82. The largest absolute Gasteiger partial charge is 0.486 e. The number of alkyl halides is 5. The predicted molar refractivity (Wildman–Crippen MR) is 168 cm³/mol. The standard InChI is InChI=1S/C33H36Cl2F5N3O3/c1-21(2)29(30(44)33(39,40)31(45)43-20-32(36,37)38)42-19-24(17-22-9-5-3-6-10-22)41-16-15-28(46-25-11-7-4-8-12-25)23-13-14-26(34)27(35)18-23/h3-14,18,21,24,28-29,41-42H,15-17,19-20H2,1-2H3,(H,43,45)/t24-,28?,29-/m0/s1. The van der Waals surface area contributed by atoms with Crippen molar-refractivity contribution in [2.24, 2.45) is 5.92 Å². The van der Waals surface area contributed by atoms with Crippen LogP contribution in [0, 0.1) is 5.92 Å². The van der Waals surface area contributed by atoms with Gasteiger partial charge < -0.3 is 20.7 Å². The Hall–Kier alpha value is -3.25. The minimum atomic E-state index is -4.91. The van der Waals surface area contributed by atoms with E-state index in [9.17, 15) is 31.5 Å². The molecule has 46 heavy (non-hydrogen) atoms. The minimum absolute atomic E-state index is 0.0285. The second-order valence-corrected chi connectivity index (χ2v) is 11.9. The number of ketones is 1. The third-order valence-electron chi connectivity index (χ3n) is 7.08. The van der Waals surface area contributed by atoms with Crippen LogP contribution in [0.1, 0.15) is 37.5 Å². The molecule has 0 aliphatic heterocycles. The lowest BCUT2D eigenvalue weighted by molar-refractivity contribution is -0.165. The summed E-state index contributed by atoms with van der Waals surface area (Å²) in [5.41, 5.74) is 1.72. The fourth-order valence-electron chi connectivity index (χ4n) is 4.70. The molecule has 0 aliphatic carbocycles. The van der Waals surface area contributed by atoms with Gasteiger partial charge in [-0.15, -0.1) is 0 Å². The number of Topliss-reactive ketones (excluding diaryl/α,β-unsaturated/α-hetero) is 1. The van der Waals surface area contributed by atoms with E-state index in [-0.39, 0.29) is 12.6 Å². The van der Waals surface area contributed by atoms with E-state index < -0.39 is 48.4 Å². The van der Waals surface area contributed by atoms with E-state index >= 15 is 0 Å². The first kappa shape index (κ1) is 37.2. The van der Waals surface area contributed by atoms with Gasteiger partial charge in [-0.05, 0) is 54.3 Å². The number of ether oxygens (including phenoxy) is 1. The first-order chi connectivity index (χ1) is 21.7.